The number of Topliss-reactive ketones (excluding diaryl/α,β-unsaturated/α-hetero) is 1. The zero-order chi connectivity index (χ0) is 32.2. The van der Waals surface area contributed by atoms with Crippen LogP contribution in [0.4, 0.5) is 5.13 Å². The van der Waals surface area contributed by atoms with E-state index in [9.17, 15) is 19.5 Å². The van der Waals surface area contributed by atoms with E-state index >= 15 is 0 Å². The van der Waals surface area contributed by atoms with Crippen LogP contribution in [0.25, 0.3) is 5.76 Å². The number of ketones is 1. The number of aliphatic hydroxyl groups excluding tert-OH is 1. The van der Waals surface area contributed by atoms with Gasteiger partial charge in [-0.3, -0.25) is 14.5 Å². The number of hydrogen-bond acceptors (Lipinski definition) is 10. The van der Waals surface area contributed by atoms with Gasteiger partial charge < -0.3 is 24.1 Å². The van der Waals surface area contributed by atoms with Crippen molar-refractivity contribution in [1.29, 1.82) is 0 Å². The molecule has 1 fully saturated rings. The third-order valence-electron chi connectivity index (χ3n) is 7.31. The molecule has 0 spiro atoms. The first-order chi connectivity index (χ1) is 21.7. The van der Waals surface area contributed by atoms with Gasteiger partial charge in [0.15, 0.2) is 16.6 Å². The van der Waals surface area contributed by atoms with Gasteiger partial charge in [0.25, 0.3) is 5.78 Å². The fraction of sp³-hybridized carbons (Fsp3) is 0.235. The lowest BCUT2D eigenvalue weighted by Crippen LogP contribution is -2.29. The maximum atomic E-state index is 13.7. The zero-order valence-electron chi connectivity index (χ0n) is 25.5. The summed E-state index contributed by atoms with van der Waals surface area (Å²) in [5, 5.41) is 11.8. The molecule has 5 rings (SSSR count). The van der Waals surface area contributed by atoms with Gasteiger partial charge in [-0.15, -0.1) is 0 Å². The Hall–Kier alpha value is -5.16. The van der Waals surface area contributed by atoms with Gasteiger partial charge in [0.05, 0.1) is 38.1 Å². The SMILES string of the molecule is CCOC(=O)c1sc(N2C(=O)C(=O)C(=C(O)c3ccc(OCc4ccccc4)c(C)c3)[C@@H]2c2ccc(OC)c(OC)c2)nc1C. The van der Waals surface area contributed by atoms with E-state index in [1.807, 2.05) is 37.3 Å². The van der Waals surface area contributed by atoms with Gasteiger partial charge in [-0.25, -0.2) is 9.78 Å². The van der Waals surface area contributed by atoms with Gasteiger partial charge in [0.2, 0.25) is 0 Å². The second-order valence-corrected chi connectivity index (χ2v) is 11.1. The van der Waals surface area contributed by atoms with Crippen molar-refractivity contribution in [3.05, 3.63) is 105 Å². The number of nitrogens with zero attached hydrogens (tertiary/aromatic N) is 2. The highest BCUT2D eigenvalue weighted by molar-refractivity contribution is 7.17. The first kappa shape index (κ1) is 31.3. The Kier molecular flexibility index (Phi) is 9.19. The monoisotopic (exact) mass is 628 g/mol. The summed E-state index contributed by atoms with van der Waals surface area (Å²) in [6.45, 7) is 5.67. The van der Waals surface area contributed by atoms with Crippen LogP contribution < -0.4 is 19.1 Å². The highest BCUT2D eigenvalue weighted by Crippen LogP contribution is 2.45. The lowest BCUT2D eigenvalue weighted by Gasteiger charge is -2.24. The minimum atomic E-state index is -1.10. The molecule has 232 valence electrons. The van der Waals surface area contributed by atoms with Crippen LogP contribution in [-0.4, -0.2) is 48.6 Å². The fourth-order valence-corrected chi connectivity index (χ4v) is 6.08. The summed E-state index contributed by atoms with van der Waals surface area (Å²) >= 11 is 0.935. The van der Waals surface area contributed by atoms with E-state index < -0.39 is 23.7 Å². The number of thiazole rings is 1. The van der Waals surface area contributed by atoms with Crippen LogP contribution in [0, 0.1) is 13.8 Å². The van der Waals surface area contributed by atoms with Crippen molar-refractivity contribution in [3.8, 4) is 17.2 Å². The van der Waals surface area contributed by atoms with Crippen LogP contribution >= 0.6 is 11.3 Å². The van der Waals surface area contributed by atoms with Crippen LogP contribution in [0.15, 0.2) is 72.3 Å². The van der Waals surface area contributed by atoms with Crippen molar-refractivity contribution in [2.24, 2.45) is 0 Å². The van der Waals surface area contributed by atoms with Crippen molar-refractivity contribution >= 4 is 39.9 Å². The molecule has 0 radical (unpaired) electrons. The second-order valence-electron chi connectivity index (χ2n) is 10.2. The van der Waals surface area contributed by atoms with E-state index in [2.05, 4.69) is 4.98 Å². The Morgan fingerprint density at radius 3 is 2.33 bits per heavy atom. The van der Waals surface area contributed by atoms with Crippen LogP contribution in [0.1, 0.15) is 50.6 Å². The lowest BCUT2D eigenvalue weighted by molar-refractivity contribution is -0.132. The number of aryl methyl sites for hydroxylation is 2. The standard InChI is InChI=1S/C34H32N2O8S/c1-6-43-33(40)31-20(3)35-34(45-31)36-28(22-12-15-25(41-4)26(17-22)42-5)27(30(38)32(36)39)29(37)23-13-14-24(19(2)16-23)44-18-21-10-8-7-9-11-21/h7-17,28,37H,6,18H2,1-5H3/t28-/m0/s1. The number of carbonyl (C=O) groups is 3. The maximum Gasteiger partial charge on any atom is 0.350 e. The number of hydrogen-bond donors (Lipinski definition) is 1. The Bertz CT molecular complexity index is 1800. The van der Waals surface area contributed by atoms with Gasteiger partial charge >= 0.3 is 11.9 Å². The van der Waals surface area contributed by atoms with Crippen molar-refractivity contribution in [1.82, 2.24) is 4.98 Å². The van der Waals surface area contributed by atoms with Crippen LogP contribution in [0.2, 0.25) is 0 Å². The van der Waals surface area contributed by atoms with E-state index in [1.54, 1.807) is 50.2 Å². The van der Waals surface area contributed by atoms with Gasteiger partial charge in [-0.05, 0) is 67.8 Å². The lowest BCUT2D eigenvalue weighted by atomic mass is 9.94. The fourth-order valence-electron chi connectivity index (χ4n) is 5.09. The minimum absolute atomic E-state index is 0.109. The van der Waals surface area contributed by atoms with Gasteiger partial charge in [0, 0.05) is 5.56 Å². The molecule has 1 atom stereocenters. The molecular formula is C34H32N2O8S. The Morgan fingerprint density at radius 2 is 1.67 bits per heavy atom. The van der Waals surface area contributed by atoms with Gasteiger partial charge in [-0.1, -0.05) is 47.7 Å². The molecule has 2 heterocycles. The number of ether oxygens (including phenoxy) is 4. The first-order valence-electron chi connectivity index (χ1n) is 14.1. The molecule has 1 saturated heterocycles. The molecule has 11 heteroatoms. The molecule has 1 aromatic heterocycles. The smallest absolute Gasteiger partial charge is 0.350 e. The molecule has 1 N–H and O–H groups in total. The summed E-state index contributed by atoms with van der Waals surface area (Å²) in [7, 11) is 2.97. The van der Waals surface area contributed by atoms with Crippen LogP contribution in [0.5, 0.6) is 17.2 Å². The molecule has 0 saturated carbocycles. The van der Waals surface area contributed by atoms with Gasteiger partial charge in [-0.2, -0.15) is 0 Å². The molecule has 1 aliphatic rings. The van der Waals surface area contributed by atoms with Crippen molar-refractivity contribution in [3.63, 3.8) is 0 Å². The summed E-state index contributed by atoms with van der Waals surface area (Å²) < 4.78 is 22.0. The summed E-state index contributed by atoms with van der Waals surface area (Å²) in [5.74, 6) is -1.35. The predicted molar refractivity (Wildman–Crippen MR) is 169 cm³/mol. The van der Waals surface area contributed by atoms with Crippen LogP contribution in [-0.2, 0) is 20.9 Å². The van der Waals surface area contributed by atoms with E-state index in [-0.39, 0.29) is 27.9 Å². The third-order valence-corrected chi connectivity index (χ3v) is 8.44. The molecule has 45 heavy (non-hydrogen) atoms. The average Bonchev–Trinajstić information content (AvgIpc) is 3.56. The van der Waals surface area contributed by atoms with E-state index in [0.29, 0.717) is 40.7 Å². The Labute approximate surface area is 264 Å². The highest BCUT2D eigenvalue weighted by Gasteiger charge is 2.48. The number of rotatable bonds is 10. The number of benzene rings is 3. The highest BCUT2D eigenvalue weighted by atomic mass is 32.1. The van der Waals surface area contributed by atoms with E-state index in [0.717, 1.165) is 22.5 Å². The first-order valence-corrected chi connectivity index (χ1v) is 14.9. The number of aromatic nitrogens is 1. The molecule has 3 aromatic carbocycles. The summed E-state index contributed by atoms with van der Waals surface area (Å²) in [6, 6.07) is 18.6. The summed E-state index contributed by atoms with van der Waals surface area (Å²) in [4.78, 5) is 45.8. The number of anilines is 1. The number of amides is 1. The van der Waals surface area contributed by atoms with E-state index in [4.69, 9.17) is 18.9 Å². The van der Waals surface area contributed by atoms with Crippen LogP contribution in [0.3, 0.4) is 0 Å². The summed E-state index contributed by atoms with van der Waals surface area (Å²) in [6.07, 6.45) is 0. The van der Waals surface area contributed by atoms with Crippen molar-refractivity contribution < 1.29 is 38.4 Å². The number of methoxy groups -OCH3 is 2. The predicted octanol–water partition coefficient (Wildman–Crippen LogP) is 6.16. The topological polar surface area (TPSA) is 124 Å². The molecule has 1 aliphatic heterocycles. The molecule has 0 bridgehead atoms. The number of carbonyl (C=O) groups excluding carboxylic acids is 3. The largest absolute Gasteiger partial charge is 0.507 e. The molecular weight excluding hydrogens is 596 g/mol. The number of aliphatic hydroxyl groups is 1. The quantitative estimate of drug-likeness (QED) is 0.0952. The van der Waals surface area contributed by atoms with Crippen molar-refractivity contribution in [2.75, 3.05) is 25.7 Å². The molecule has 0 aliphatic carbocycles. The van der Waals surface area contributed by atoms with Gasteiger partial charge in [0.1, 0.15) is 23.0 Å². The Balaban J connectivity index is 1.61. The average molecular weight is 629 g/mol. The molecule has 4 aromatic rings. The molecule has 1 amide bonds. The summed E-state index contributed by atoms with van der Waals surface area (Å²) in [5.41, 5.74) is 2.71. The minimum Gasteiger partial charge on any atom is -0.507 e. The van der Waals surface area contributed by atoms with E-state index in [1.165, 1.54) is 19.1 Å². The molecule has 10 nitrogen and oxygen atoms in total. The maximum absolute atomic E-state index is 13.7. The van der Waals surface area contributed by atoms with Crippen molar-refractivity contribution in [2.45, 2.75) is 33.4 Å². The zero-order valence-corrected chi connectivity index (χ0v) is 26.3. The second kappa shape index (κ2) is 13.2. The number of esters is 1. The normalized spacial score (nSPS) is 15.7. The Morgan fingerprint density at radius 1 is 0.956 bits per heavy atom. The molecule has 0 unspecified atom stereocenters. The third kappa shape index (κ3) is 6.12.